The van der Waals surface area contributed by atoms with Crippen molar-refractivity contribution >= 4 is 17.4 Å². The van der Waals surface area contributed by atoms with Crippen LogP contribution < -0.4 is 4.74 Å². The molecular weight excluding hydrogens is 272 g/mol. The Morgan fingerprint density at radius 1 is 1.10 bits per heavy atom. The van der Waals surface area contributed by atoms with Crippen molar-refractivity contribution in [2.24, 2.45) is 5.92 Å². The van der Waals surface area contributed by atoms with Crippen LogP contribution in [-0.2, 0) is 0 Å². The summed E-state index contributed by atoms with van der Waals surface area (Å²) in [5, 5.41) is 0.729. The first-order valence-corrected chi connectivity index (χ1v) is 7.00. The van der Waals surface area contributed by atoms with Gasteiger partial charge in [-0.05, 0) is 54.3 Å². The molecule has 0 amide bonds. The number of carbonyl (C=O) groups is 1. The van der Waals surface area contributed by atoms with Gasteiger partial charge < -0.3 is 4.74 Å². The molecule has 2 nitrogen and oxygen atoms in total. The Balaban J connectivity index is 1.71. The molecule has 1 saturated carbocycles. The molecule has 0 heterocycles. The molecule has 3 heteroatoms. The Kier molecular flexibility index (Phi) is 3.49. The lowest BCUT2D eigenvalue weighted by Gasteiger charge is -2.03. The second kappa shape index (κ2) is 5.29. The number of ether oxygens (including phenoxy) is 1. The molecule has 2 atom stereocenters. The lowest BCUT2D eigenvalue weighted by molar-refractivity contribution is 0.0965. The molecule has 102 valence electrons. The van der Waals surface area contributed by atoms with Crippen molar-refractivity contribution in [3.63, 3.8) is 0 Å². The highest BCUT2D eigenvalue weighted by Gasteiger charge is 2.43. The molecule has 3 rings (SSSR count). The first kappa shape index (κ1) is 13.2. The molecule has 0 N–H and O–H groups in total. The van der Waals surface area contributed by atoms with Gasteiger partial charge in [-0.25, -0.2) is 0 Å². The number of methoxy groups -OCH3 is 1. The molecule has 2 aromatic rings. The molecule has 0 spiro atoms. The Labute approximate surface area is 123 Å². The quantitative estimate of drug-likeness (QED) is 0.782. The first-order valence-electron chi connectivity index (χ1n) is 6.63. The number of ketones is 1. The maximum Gasteiger partial charge on any atom is 0.166 e. The van der Waals surface area contributed by atoms with Gasteiger partial charge in [-0.15, -0.1) is 0 Å². The molecule has 0 aromatic heterocycles. The third-order valence-electron chi connectivity index (χ3n) is 3.80. The van der Waals surface area contributed by atoms with Crippen LogP contribution in [0.5, 0.6) is 5.75 Å². The van der Waals surface area contributed by atoms with E-state index in [9.17, 15) is 4.79 Å². The maximum absolute atomic E-state index is 12.4. The molecule has 1 fully saturated rings. The van der Waals surface area contributed by atoms with Gasteiger partial charge in [0.2, 0.25) is 0 Å². The highest BCUT2D eigenvalue weighted by molar-refractivity contribution is 6.30. The van der Waals surface area contributed by atoms with Crippen LogP contribution in [0.2, 0.25) is 5.02 Å². The molecule has 0 aliphatic heterocycles. The van der Waals surface area contributed by atoms with Crippen LogP contribution >= 0.6 is 11.6 Å². The molecule has 1 aliphatic rings. The van der Waals surface area contributed by atoms with Crippen LogP contribution in [0.15, 0.2) is 48.5 Å². The number of rotatable bonds is 4. The maximum atomic E-state index is 12.4. The minimum Gasteiger partial charge on any atom is -0.497 e. The van der Waals surface area contributed by atoms with Crippen LogP contribution in [0.25, 0.3) is 0 Å². The van der Waals surface area contributed by atoms with E-state index in [4.69, 9.17) is 16.3 Å². The molecular formula is C17H15ClO2. The Morgan fingerprint density at radius 3 is 2.35 bits per heavy atom. The Bertz CT molecular complexity index is 616. The van der Waals surface area contributed by atoms with E-state index in [0.29, 0.717) is 5.92 Å². The van der Waals surface area contributed by atoms with Crippen LogP contribution in [0.4, 0.5) is 0 Å². The fourth-order valence-electron chi connectivity index (χ4n) is 2.53. The van der Waals surface area contributed by atoms with Crippen molar-refractivity contribution in [1.29, 1.82) is 0 Å². The fraction of sp³-hybridized carbons (Fsp3) is 0.235. The number of Topliss-reactive ketones (excluding diaryl/α,β-unsaturated/α-hetero) is 1. The second-order valence-corrected chi connectivity index (χ2v) is 5.53. The van der Waals surface area contributed by atoms with E-state index in [0.717, 1.165) is 22.8 Å². The zero-order chi connectivity index (χ0) is 14.1. The van der Waals surface area contributed by atoms with Gasteiger partial charge in [0, 0.05) is 16.5 Å². The monoisotopic (exact) mass is 286 g/mol. The summed E-state index contributed by atoms with van der Waals surface area (Å²) in [7, 11) is 1.62. The van der Waals surface area contributed by atoms with Crippen molar-refractivity contribution in [2.75, 3.05) is 7.11 Å². The second-order valence-electron chi connectivity index (χ2n) is 5.09. The van der Waals surface area contributed by atoms with Gasteiger partial charge in [0.25, 0.3) is 0 Å². The largest absolute Gasteiger partial charge is 0.497 e. The highest BCUT2D eigenvalue weighted by atomic mass is 35.5. The van der Waals surface area contributed by atoms with Crippen molar-refractivity contribution in [2.45, 2.75) is 12.3 Å². The number of benzene rings is 2. The number of carbonyl (C=O) groups excluding carboxylic acids is 1. The van der Waals surface area contributed by atoms with E-state index in [1.807, 2.05) is 48.5 Å². The van der Waals surface area contributed by atoms with E-state index < -0.39 is 0 Å². The molecule has 0 radical (unpaired) electrons. The highest BCUT2D eigenvalue weighted by Crippen LogP contribution is 2.49. The third-order valence-corrected chi connectivity index (χ3v) is 4.05. The molecule has 0 saturated heterocycles. The molecule has 0 unspecified atom stereocenters. The predicted molar refractivity (Wildman–Crippen MR) is 79.6 cm³/mol. The van der Waals surface area contributed by atoms with Gasteiger partial charge in [-0.1, -0.05) is 23.7 Å². The van der Waals surface area contributed by atoms with E-state index >= 15 is 0 Å². The topological polar surface area (TPSA) is 26.3 Å². The molecule has 2 aromatic carbocycles. The summed E-state index contributed by atoms with van der Waals surface area (Å²) in [6.07, 6.45) is 0.923. The van der Waals surface area contributed by atoms with Gasteiger partial charge >= 0.3 is 0 Å². The normalized spacial score (nSPS) is 20.5. The van der Waals surface area contributed by atoms with Crippen molar-refractivity contribution in [1.82, 2.24) is 0 Å². The van der Waals surface area contributed by atoms with Gasteiger partial charge in [-0.3, -0.25) is 4.79 Å². The van der Waals surface area contributed by atoms with Gasteiger partial charge in [-0.2, -0.15) is 0 Å². The summed E-state index contributed by atoms with van der Waals surface area (Å²) in [4.78, 5) is 12.4. The van der Waals surface area contributed by atoms with Gasteiger partial charge in [0.1, 0.15) is 5.75 Å². The number of halogens is 1. The SMILES string of the molecule is COc1ccc(C(=O)[C@@H]2C[C@H]2c2ccc(Cl)cc2)cc1. The van der Waals surface area contributed by atoms with E-state index in [-0.39, 0.29) is 11.7 Å². The van der Waals surface area contributed by atoms with Crippen LogP contribution in [0.3, 0.4) is 0 Å². The Morgan fingerprint density at radius 2 is 1.75 bits per heavy atom. The zero-order valence-corrected chi connectivity index (χ0v) is 11.9. The van der Waals surface area contributed by atoms with Crippen molar-refractivity contribution < 1.29 is 9.53 Å². The average Bonchev–Trinajstić information content (AvgIpc) is 3.28. The lowest BCUT2D eigenvalue weighted by atomic mass is 10.0. The van der Waals surface area contributed by atoms with Gasteiger partial charge in [0.05, 0.1) is 7.11 Å². The summed E-state index contributed by atoms with van der Waals surface area (Å²) in [5.74, 6) is 1.42. The number of hydrogen-bond acceptors (Lipinski definition) is 2. The van der Waals surface area contributed by atoms with E-state index in [2.05, 4.69) is 0 Å². The summed E-state index contributed by atoms with van der Waals surface area (Å²) >= 11 is 5.88. The van der Waals surface area contributed by atoms with E-state index in [1.165, 1.54) is 5.56 Å². The standard InChI is InChI=1S/C17H15ClO2/c1-20-14-8-4-12(5-9-14)17(19)16-10-15(16)11-2-6-13(18)7-3-11/h2-9,15-16H,10H2,1H3/t15-,16+/m0/s1. The summed E-state index contributed by atoms with van der Waals surface area (Å²) < 4.78 is 5.10. The van der Waals surface area contributed by atoms with Crippen LogP contribution in [0, 0.1) is 5.92 Å². The zero-order valence-electron chi connectivity index (χ0n) is 11.2. The minimum atomic E-state index is 0.101. The molecule has 20 heavy (non-hydrogen) atoms. The minimum absolute atomic E-state index is 0.101. The predicted octanol–water partition coefficient (Wildman–Crippen LogP) is 4.34. The van der Waals surface area contributed by atoms with Crippen LogP contribution in [-0.4, -0.2) is 12.9 Å². The average molecular weight is 287 g/mol. The fourth-order valence-corrected chi connectivity index (χ4v) is 2.66. The number of hydrogen-bond donors (Lipinski definition) is 0. The van der Waals surface area contributed by atoms with Crippen molar-refractivity contribution in [3.05, 3.63) is 64.7 Å². The smallest absolute Gasteiger partial charge is 0.166 e. The van der Waals surface area contributed by atoms with E-state index in [1.54, 1.807) is 7.11 Å². The summed E-state index contributed by atoms with van der Waals surface area (Å²) in [6.45, 7) is 0. The van der Waals surface area contributed by atoms with Gasteiger partial charge in [0.15, 0.2) is 5.78 Å². The summed E-state index contributed by atoms with van der Waals surface area (Å²) in [6, 6.07) is 15.1. The van der Waals surface area contributed by atoms with Crippen LogP contribution in [0.1, 0.15) is 28.3 Å². The lowest BCUT2D eigenvalue weighted by Crippen LogP contribution is -2.03. The van der Waals surface area contributed by atoms with Crippen molar-refractivity contribution in [3.8, 4) is 5.75 Å². The molecule has 0 bridgehead atoms. The molecule has 1 aliphatic carbocycles. The Hall–Kier alpha value is -1.80. The summed E-state index contributed by atoms with van der Waals surface area (Å²) in [5.41, 5.74) is 1.95. The first-order chi connectivity index (χ1) is 9.69. The third kappa shape index (κ3) is 2.56.